The quantitative estimate of drug-likeness (QED) is 0.894. The van der Waals surface area contributed by atoms with Gasteiger partial charge in [-0.25, -0.2) is 4.39 Å². The fourth-order valence-electron chi connectivity index (χ4n) is 1.74. The third-order valence-electron chi connectivity index (χ3n) is 2.75. The lowest BCUT2D eigenvalue weighted by Gasteiger charge is -2.10. The maximum atomic E-state index is 12.8. The van der Waals surface area contributed by atoms with Crippen LogP contribution in [0, 0.1) is 5.82 Å². The highest BCUT2D eigenvalue weighted by Gasteiger charge is 2.02. The molecule has 0 saturated carbocycles. The molecule has 0 radical (unpaired) electrons. The van der Waals surface area contributed by atoms with Crippen molar-refractivity contribution in [2.45, 2.75) is 6.54 Å². The molecule has 0 spiro atoms. The third-order valence-corrected chi connectivity index (χ3v) is 2.75. The maximum Gasteiger partial charge on any atom is 0.123 e. The number of ether oxygens (including phenoxy) is 2. The normalized spacial score (nSPS) is 10.1. The smallest absolute Gasteiger partial charge is 0.123 e. The summed E-state index contributed by atoms with van der Waals surface area (Å²) < 4.78 is 23.2. The van der Waals surface area contributed by atoms with E-state index < -0.39 is 0 Å². The Morgan fingerprint density at radius 3 is 2.05 bits per heavy atom. The van der Waals surface area contributed by atoms with E-state index in [2.05, 4.69) is 5.32 Å². The summed E-state index contributed by atoms with van der Waals surface area (Å²) in [5.41, 5.74) is 1.89. The fourth-order valence-corrected chi connectivity index (χ4v) is 1.74. The molecular weight excluding hydrogens is 245 g/mol. The van der Waals surface area contributed by atoms with Gasteiger partial charge in [0.25, 0.3) is 0 Å². The lowest BCUT2D eigenvalue weighted by atomic mass is 10.2. The Morgan fingerprint density at radius 2 is 1.53 bits per heavy atom. The van der Waals surface area contributed by atoms with Crippen LogP contribution in [0.25, 0.3) is 0 Å². The SMILES string of the molecule is COc1cc(CNc2ccc(F)cc2)cc(OC)c1. The number of halogens is 1. The average molecular weight is 261 g/mol. The number of rotatable bonds is 5. The molecule has 0 bridgehead atoms. The first-order valence-corrected chi connectivity index (χ1v) is 5.92. The van der Waals surface area contributed by atoms with E-state index >= 15 is 0 Å². The van der Waals surface area contributed by atoms with Crippen LogP contribution in [0.2, 0.25) is 0 Å². The average Bonchev–Trinajstić information content (AvgIpc) is 2.46. The van der Waals surface area contributed by atoms with Crippen LogP contribution in [-0.4, -0.2) is 14.2 Å². The van der Waals surface area contributed by atoms with Crippen LogP contribution in [-0.2, 0) is 6.54 Å². The molecule has 0 unspecified atom stereocenters. The van der Waals surface area contributed by atoms with Gasteiger partial charge < -0.3 is 14.8 Å². The summed E-state index contributed by atoms with van der Waals surface area (Å²) in [4.78, 5) is 0. The Bertz CT molecular complexity index is 518. The maximum absolute atomic E-state index is 12.8. The van der Waals surface area contributed by atoms with Crippen molar-refractivity contribution in [3.63, 3.8) is 0 Å². The van der Waals surface area contributed by atoms with Crippen molar-refractivity contribution in [2.24, 2.45) is 0 Å². The molecule has 2 aromatic rings. The molecule has 19 heavy (non-hydrogen) atoms. The summed E-state index contributed by atoms with van der Waals surface area (Å²) in [7, 11) is 3.23. The predicted molar refractivity (Wildman–Crippen MR) is 73.3 cm³/mol. The Morgan fingerprint density at radius 1 is 0.947 bits per heavy atom. The van der Waals surface area contributed by atoms with Crippen LogP contribution in [0.5, 0.6) is 11.5 Å². The first-order chi connectivity index (χ1) is 9.21. The van der Waals surface area contributed by atoms with Gasteiger partial charge in [-0.1, -0.05) is 0 Å². The molecular formula is C15H16FNO2. The molecule has 100 valence electrons. The highest BCUT2D eigenvalue weighted by atomic mass is 19.1. The van der Waals surface area contributed by atoms with Gasteiger partial charge in [0.05, 0.1) is 14.2 Å². The Hall–Kier alpha value is -2.23. The summed E-state index contributed by atoms with van der Waals surface area (Å²) in [6, 6.07) is 11.9. The van der Waals surface area contributed by atoms with E-state index in [1.165, 1.54) is 12.1 Å². The monoisotopic (exact) mass is 261 g/mol. The second kappa shape index (κ2) is 6.09. The van der Waals surface area contributed by atoms with E-state index in [1.54, 1.807) is 26.4 Å². The molecule has 0 saturated heterocycles. The van der Waals surface area contributed by atoms with Gasteiger partial charge in [0.2, 0.25) is 0 Å². The zero-order valence-electron chi connectivity index (χ0n) is 10.9. The highest BCUT2D eigenvalue weighted by Crippen LogP contribution is 2.23. The summed E-state index contributed by atoms with van der Waals surface area (Å²) in [5, 5.41) is 3.21. The molecule has 1 N–H and O–H groups in total. The van der Waals surface area contributed by atoms with E-state index in [-0.39, 0.29) is 5.82 Å². The minimum Gasteiger partial charge on any atom is -0.497 e. The molecule has 0 aromatic heterocycles. The largest absolute Gasteiger partial charge is 0.497 e. The number of methoxy groups -OCH3 is 2. The third kappa shape index (κ3) is 3.61. The molecule has 2 rings (SSSR count). The van der Waals surface area contributed by atoms with Gasteiger partial charge in [0.15, 0.2) is 0 Å². The van der Waals surface area contributed by atoms with Crippen LogP contribution in [0.3, 0.4) is 0 Å². The van der Waals surface area contributed by atoms with Crippen molar-refractivity contribution >= 4 is 5.69 Å². The topological polar surface area (TPSA) is 30.5 Å². The second-order valence-electron chi connectivity index (χ2n) is 4.08. The Kier molecular flexibility index (Phi) is 4.23. The van der Waals surface area contributed by atoms with Crippen molar-refractivity contribution in [1.29, 1.82) is 0 Å². The predicted octanol–water partition coefficient (Wildman–Crippen LogP) is 3.46. The molecule has 3 nitrogen and oxygen atoms in total. The van der Waals surface area contributed by atoms with Crippen LogP contribution >= 0.6 is 0 Å². The van der Waals surface area contributed by atoms with Crippen molar-refractivity contribution in [3.8, 4) is 11.5 Å². The number of benzene rings is 2. The molecule has 0 atom stereocenters. The standard InChI is InChI=1S/C15H16FNO2/c1-18-14-7-11(8-15(9-14)19-2)10-17-13-5-3-12(16)4-6-13/h3-9,17H,10H2,1-2H3. The van der Waals surface area contributed by atoms with Crippen molar-refractivity contribution < 1.29 is 13.9 Å². The summed E-state index contributed by atoms with van der Waals surface area (Å²) in [5.74, 6) is 1.25. The number of hydrogen-bond acceptors (Lipinski definition) is 3. The number of anilines is 1. The first-order valence-electron chi connectivity index (χ1n) is 5.92. The lowest BCUT2D eigenvalue weighted by Crippen LogP contribution is -2.00. The minimum atomic E-state index is -0.242. The molecule has 0 aliphatic rings. The van der Waals surface area contributed by atoms with Gasteiger partial charge in [-0.3, -0.25) is 0 Å². The van der Waals surface area contributed by atoms with Crippen LogP contribution in [0.15, 0.2) is 42.5 Å². The van der Waals surface area contributed by atoms with E-state index in [4.69, 9.17) is 9.47 Å². The summed E-state index contributed by atoms with van der Waals surface area (Å²) in [6.45, 7) is 0.610. The van der Waals surface area contributed by atoms with Gasteiger partial charge >= 0.3 is 0 Å². The Balaban J connectivity index is 2.08. The zero-order chi connectivity index (χ0) is 13.7. The molecule has 4 heteroatoms. The van der Waals surface area contributed by atoms with E-state index in [1.807, 2.05) is 18.2 Å². The molecule has 0 aliphatic carbocycles. The van der Waals surface area contributed by atoms with Gasteiger partial charge in [0.1, 0.15) is 17.3 Å². The Labute approximate surface area is 112 Å². The van der Waals surface area contributed by atoms with Crippen molar-refractivity contribution in [2.75, 3.05) is 19.5 Å². The molecule has 2 aromatic carbocycles. The first kappa shape index (κ1) is 13.2. The van der Waals surface area contributed by atoms with E-state index in [0.717, 1.165) is 22.7 Å². The minimum absolute atomic E-state index is 0.242. The zero-order valence-corrected chi connectivity index (χ0v) is 10.9. The fraction of sp³-hybridized carbons (Fsp3) is 0.200. The molecule has 0 amide bonds. The second-order valence-corrected chi connectivity index (χ2v) is 4.08. The molecule has 0 aliphatic heterocycles. The molecule has 0 fully saturated rings. The van der Waals surface area contributed by atoms with Crippen molar-refractivity contribution in [3.05, 3.63) is 53.8 Å². The van der Waals surface area contributed by atoms with Crippen molar-refractivity contribution in [1.82, 2.24) is 0 Å². The van der Waals surface area contributed by atoms with E-state index in [9.17, 15) is 4.39 Å². The highest BCUT2D eigenvalue weighted by molar-refractivity contribution is 5.45. The lowest BCUT2D eigenvalue weighted by molar-refractivity contribution is 0.393. The van der Waals surface area contributed by atoms with E-state index in [0.29, 0.717) is 6.54 Å². The van der Waals surface area contributed by atoms with Gasteiger partial charge in [-0.05, 0) is 42.0 Å². The van der Waals surface area contributed by atoms with Gasteiger partial charge in [0, 0.05) is 18.3 Å². The number of nitrogens with one attached hydrogen (secondary N) is 1. The van der Waals surface area contributed by atoms with Crippen LogP contribution in [0.4, 0.5) is 10.1 Å². The summed E-state index contributed by atoms with van der Waals surface area (Å²) in [6.07, 6.45) is 0. The summed E-state index contributed by atoms with van der Waals surface area (Å²) >= 11 is 0. The number of hydrogen-bond donors (Lipinski definition) is 1. The molecule has 0 heterocycles. The van der Waals surface area contributed by atoms with Gasteiger partial charge in [-0.2, -0.15) is 0 Å². The van der Waals surface area contributed by atoms with Crippen LogP contribution in [0.1, 0.15) is 5.56 Å². The van der Waals surface area contributed by atoms with Gasteiger partial charge in [-0.15, -0.1) is 0 Å². The van der Waals surface area contributed by atoms with Crippen LogP contribution < -0.4 is 14.8 Å².